The monoisotopic (exact) mass is 595 g/mol. The smallest absolute Gasteiger partial charge is 0.264 e. The van der Waals surface area contributed by atoms with Crippen LogP contribution in [0.3, 0.4) is 0 Å². The van der Waals surface area contributed by atoms with Gasteiger partial charge in [-0.1, -0.05) is 85.5 Å². The van der Waals surface area contributed by atoms with Crippen molar-refractivity contribution in [2.75, 3.05) is 10.8 Å². The van der Waals surface area contributed by atoms with Gasteiger partial charge in [0.05, 0.1) is 10.6 Å². The number of halogens is 1. The summed E-state index contributed by atoms with van der Waals surface area (Å²) >= 11 is 6.40. The maximum atomic E-state index is 14.2. The molecule has 3 aromatic carbocycles. The molecular weight excluding hydrogens is 558 g/mol. The third-order valence-electron chi connectivity index (χ3n) is 7.68. The van der Waals surface area contributed by atoms with Gasteiger partial charge in [-0.05, 0) is 68.5 Å². The standard InChI is InChI=1S/C32H38ClN3O4S/c1-4-29(32(38)34-26-11-8-9-12-26)35(21-25-19-17-23(2)18-20-25)31(37)22-36(30-16-10-15-28(33)24(30)3)41(39,40)27-13-6-5-7-14-27/h5-7,10,13-20,26,29H,4,8-9,11-12,21-22H2,1-3H3,(H,34,38)/t29-/m1/s1. The van der Waals surface area contributed by atoms with Gasteiger partial charge in [-0.2, -0.15) is 0 Å². The highest BCUT2D eigenvalue weighted by Crippen LogP contribution is 2.31. The average Bonchev–Trinajstić information content (AvgIpc) is 3.47. The van der Waals surface area contributed by atoms with E-state index in [1.165, 1.54) is 17.0 Å². The topological polar surface area (TPSA) is 86.8 Å². The van der Waals surface area contributed by atoms with Gasteiger partial charge in [0.1, 0.15) is 12.6 Å². The molecule has 2 amide bonds. The summed E-state index contributed by atoms with van der Waals surface area (Å²) in [4.78, 5) is 29.3. The van der Waals surface area contributed by atoms with Gasteiger partial charge < -0.3 is 10.2 Å². The van der Waals surface area contributed by atoms with Crippen molar-refractivity contribution in [1.82, 2.24) is 10.2 Å². The van der Waals surface area contributed by atoms with Crippen LogP contribution in [-0.4, -0.2) is 43.8 Å². The number of aryl methyl sites for hydroxylation is 1. The summed E-state index contributed by atoms with van der Waals surface area (Å²) in [6, 6.07) is 20.1. The normalized spacial score (nSPS) is 14.4. The van der Waals surface area contributed by atoms with Crippen LogP contribution in [0.15, 0.2) is 77.7 Å². The summed E-state index contributed by atoms with van der Waals surface area (Å²) in [5.74, 6) is -0.686. The van der Waals surface area contributed by atoms with Crippen molar-refractivity contribution < 1.29 is 18.0 Å². The molecular formula is C32H38ClN3O4S. The van der Waals surface area contributed by atoms with Crippen LogP contribution in [-0.2, 0) is 26.2 Å². The van der Waals surface area contributed by atoms with Gasteiger partial charge in [0, 0.05) is 17.6 Å². The van der Waals surface area contributed by atoms with Crippen LogP contribution in [0.1, 0.15) is 55.7 Å². The Balaban J connectivity index is 1.73. The minimum Gasteiger partial charge on any atom is -0.352 e. The zero-order valence-electron chi connectivity index (χ0n) is 23.8. The Bertz CT molecular complexity index is 1460. The SMILES string of the molecule is CC[C@H](C(=O)NC1CCCC1)N(Cc1ccc(C)cc1)C(=O)CN(c1cccc(Cl)c1C)S(=O)(=O)c1ccccc1. The third kappa shape index (κ3) is 7.29. The van der Waals surface area contributed by atoms with Crippen LogP contribution in [0.5, 0.6) is 0 Å². The lowest BCUT2D eigenvalue weighted by molar-refractivity contribution is -0.140. The van der Waals surface area contributed by atoms with Crippen molar-refractivity contribution in [3.63, 3.8) is 0 Å². The van der Waals surface area contributed by atoms with E-state index in [9.17, 15) is 18.0 Å². The summed E-state index contributed by atoms with van der Waals surface area (Å²) in [6.45, 7) is 5.26. The number of hydrogen-bond acceptors (Lipinski definition) is 4. The van der Waals surface area contributed by atoms with Crippen molar-refractivity contribution >= 4 is 39.1 Å². The molecule has 1 fully saturated rings. The molecule has 0 heterocycles. The predicted octanol–water partition coefficient (Wildman–Crippen LogP) is 6.02. The Morgan fingerprint density at radius 1 is 0.951 bits per heavy atom. The lowest BCUT2D eigenvalue weighted by Crippen LogP contribution is -2.53. The molecule has 0 bridgehead atoms. The molecule has 1 aliphatic carbocycles. The number of hydrogen-bond donors (Lipinski definition) is 1. The van der Waals surface area contributed by atoms with Crippen molar-refractivity contribution in [1.29, 1.82) is 0 Å². The molecule has 41 heavy (non-hydrogen) atoms. The first-order valence-electron chi connectivity index (χ1n) is 14.1. The van der Waals surface area contributed by atoms with Gasteiger partial charge >= 0.3 is 0 Å². The molecule has 1 saturated carbocycles. The van der Waals surface area contributed by atoms with Crippen LogP contribution in [0, 0.1) is 13.8 Å². The Labute approximate surface area is 248 Å². The Morgan fingerprint density at radius 2 is 1.61 bits per heavy atom. The Kier molecular flexibility index (Phi) is 10.1. The summed E-state index contributed by atoms with van der Waals surface area (Å²) in [6.07, 6.45) is 4.37. The second-order valence-electron chi connectivity index (χ2n) is 10.6. The highest BCUT2D eigenvalue weighted by atomic mass is 35.5. The number of sulfonamides is 1. The lowest BCUT2D eigenvalue weighted by atomic mass is 10.1. The number of nitrogens with one attached hydrogen (secondary N) is 1. The first-order chi connectivity index (χ1) is 19.6. The van der Waals surface area contributed by atoms with Gasteiger partial charge in [0.15, 0.2) is 0 Å². The largest absolute Gasteiger partial charge is 0.352 e. The van der Waals surface area contributed by atoms with Gasteiger partial charge in [-0.3, -0.25) is 13.9 Å². The number of benzene rings is 3. The molecule has 0 unspecified atom stereocenters. The van der Waals surface area contributed by atoms with E-state index in [1.54, 1.807) is 43.3 Å². The number of anilines is 1. The first-order valence-corrected chi connectivity index (χ1v) is 15.9. The van der Waals surface area contributed by atoms with Crippen molar-refractivity contribution in [2.45, 2.75) is 76.4 Å². The van der Waals surface area contributed by atoms with Crippen LogP contribution in [0.2, 0.25) is 5.02 Å². The fourth-order valence-corrected chi connectivity index (χ4v) is 6.94. The van der Waals surface area contributed by atoms with Gasteiger partial charge in [-0.15, -0.1) is 0 Å². The molecule has 7 nitrogen and oxygen atoms in total. The van der Waals surface area contributed by atoms with E-state index >= 15 is 0 Å². The van der Waals surface area contributed by atoms with Crippen LogP contribution >= 0.6 is 11.6 Å². The molecule has 0 saturated heterocycles. The third-order valence-corrected chi connectivity index (χ3v) is 9.86. The zero-order chi connectivity index (χ0) is 29.6. The second kappa shape index (κ2) is 13.5. The van der Waals surface area contributed by atoms with Crippen LogP contribution in [0.4, 0.5) is 5.69 Å². The molecule has 0 aliphatic heterocycles. The Morgan fingerprint density at radius 3 is 2.24 bits per heavy atom. The van der Waals surface area contributed by atoms with Crippen LogP contribution in [0.25, 0.3) is 0 Å². The number of rotatable bonds is 11. The molecule has 0 spiro atoms. The van der Waals surface area contributed by atoms with Gasteiger partial charge in [0.25, 0.3) is 10.0 Å². The molecule has 218 valence electrons. The molecule has 0 aromatic heterocycles. The summed E-state index contributed by atoms with van der Waals surface area (Å²) < 4.78 is 29.1. The van der Waals surface area contributed by atoms with E-state index in [1.807, 2.05) is 38.1 Å². The van der Waals surface area contributed by atoms with Gasteiger partial charge in [0.2, 0.25) is 11.8 Å². The minimum atomic E-state index is -4.15. The Hall–Kier alpha value is -3.36. The van der Waals surface area contributed by atoms with E-state index in [4.69, 9.17) is 11.6 Å². The van der Waals surface area contributed by atoms with Crippen molar-refractivity contribution in [2.24, 2.45) is 0 Å². The lowest BCUT2D eigenvalue weighted by Gasteiger charge is -2.34. The van der Waals surface area contributed by atoms with E-state index < -0.39 is 28.5 Å². The maximum absolute atomic E-state index is 14.2. The van der Waals surface area contributed by atoms with E-state index in [2.05, 4.69) is 5.32 Å². The van der Waals surface area contributed by atoms with Gasteiger partial charge in [-0.25, -0.2) is 8.42 Å². The van der Waals surface area contributed by atoms with E-state index in [-0.39, 0.29) is 23.4 Å². The van der Waals surface area contributed by atoms with Crippen molar-refractivity contribution in [3.05, 3.63) is 94.5 Å². The fraction of sp³-hybridized carbons (Fsp3) is 0.375. The maximum Gasteiger partial charge on any atom is 0.264 e. The second-order valence-corrected chi connectivity index (χ2v) is 12.9. The molecule has 1 N–H and O–H groups in total. The quantitative estimate of drug-likeness (QED) is 0.294. The number of carbonyl (C=O) groups is 2. The highest BCUT2D eigenvalue weighted by Gasteiger charge is 2.35. The average molecular weight is 596 g/mol. The van der Waals surface area contributed by atoms with E-state index in [0.29, 0.717) is 22.7 Å². The summed E-state index contributed by atoms with van der Waals surface area (Å²) in [7, 11) is -4.15. The number of nitrogens with zero attached hydrogens (tertiary/aromatic N) is 2. The first kappa shape index (κ1) is 30.6. The molecule has 9 heteroatoms. The molecule has 1 atom stereocenters. The summed E-state index contributed by atoms with van der Waals surface area (Å²) in [5.41, 5.74) is 2.78. The number of amides is 2. The molecule has 3 aromatic rings. The zero-order valence-corrected chi connectivity index (χ0v) is 25.4. The number of carbonyl (C=O) groups excluding carboxylic acids is 2. The van der Waals surface area contributed by atoms with Crippen LogP contribution < -0.4 is 9.62 Å². The molecule has 4 rings (SSSR count). The fourth-order valence-electron chi connectivity index (χ4n) is 5.28. The van der Waals surface area contributed by atoms with E-state index in [0.717, 1.165) is 41.1 Å². The molecule has 1 aliphatic rings. The highest BCUT2D eigenvalue weighted by molar-refractivity contribution is 7.92. The van der Waals surface area contributed by atoms with Crippen molar-refractivity contribution in [3.8, 4) is 0 Å². The minimum absolute atomic E-state index is 0.0586. The summed E-state index contributed by atoms with van der Waals surface area (Å²) in [5, 5.41) is 3.53. The predicted molar refractivity (Wildman–Crippen MR) is 163 cm³/mol. The molecule has 0 radical (unpaired) electrons.